The van der Waals surface area contributed by atoms with Crippen LogP contribution in [-0.4, -0.2) is 20.0 Å². The smallest absolute Gasteiger partial charge is 0.180 e. The second-order valence-electron chi connectivity index (χ2n) is 3.74. The standard InChI is InChI=1S/C13H15ClO3/c1-9(2)4-5-17-13-11(14)6-10(8-15)7-12(13)16-3/h4,6-8H,5H2,1-3H3. The van der Waals surface area contributed by atoms with Gasteiger partial charge < -0.3 is 9.47 Å². The molecule has 0 radical (unpaired) electrons. The van der Waals surface area contributed by atoms with Crippen molar-refractivity contribution in [3.05, 3.63) is 34.4 Å². The fourth-order valence-corrected chi connectivity index (χ4v) is 1.51. The highest BCUT2D eigenvalue weighted by Crippen LogP contribution is 2.36. The molecule has 0 unspecified atom stereocenters. The molecule has 0 saturated heterocycles. The Bertz CT molecular complexity index is 435. The molecule has 0 spiro atoms. The van der Waals surface area contributed by atoms with Crippen LogP contribution in [0.15, 0.2) is 23.8 Å². The zero-order chi connectivity index (χ0) is 12.8. The molecule has 0 N–H and O–H groups in total. The highest BCUT2D eigenvalue weighted by atomic mass is 35.5. The Morgan fingerprint density at radius 3 is 2.65 bits per heavy atom. The van der Waals surface area contributed by atoms with E-state index in [1.165, 1.54) is 7.11 Å². The molecule has 0 heterocycles. The lowest BCUT2D eigenvalue weighted by Crippen LogP contribution is -1.99. The number of hydrogen-bond acceptors (Lipinski definition) is 3. The molecular formula is C13H15ClO3. The number of carbonyl (C=O) groups excluding carboxylic acids is 1. The van der Waals surface area contributed by atoms with Gasteiger partial charge in [0.15, 0.2) is 11.5 Å². The van der Waals surface area contributed by atoms with Gasteiger partial charge in [-0.05, 0) is 32.1 Å². The molecule has 0 atom stereocenters. The van der Waals surface area contributed by atoms with Gasteiger partial charge >= 0.3 is 0 Å². The lowest BCUT2D eigenvalue weighted by Gasteiger charge is -2.11. The number of hydrogen-bond donors (Lipinski definition) is 0. The van der Waals surface area contributed by atoms with Crippen molar-refractivity contribution >= 4 is 17.9 Å². The summed E-state index contributed by atoms with van der Waals surface area (Å²) in [5.41, 5.74) is 1.62. The topological polar surface area (TPSA) is 35.5 Å². The molecule has 17 heavy (non-hydrogen) atoms. The zero-order valence-corrected chi connectivity index (χ0v) is 10.9. The summed E-state index contributed by atoms with van der Waals surface area (Å²) in [5.74, 6) is 0.916. The van der Waals surface area contributed by atoms with Gasteiger partial charge in [-0.15, -0.1) is 0 Å². The predicted octanol–water partition coefficient (Wildman–Crippen LogP) is 3.51. The molecule has 0 amide bonds. The molecule has 0 aliphatic carbocycles. The van der Waals surface area contributed by atoms with Crippen LogP contribution in [0.2, 0.25) is 5.02 Å². The molecule has 3 nitrogen and oxygen atoms in total. The predicted molar refractivity (Wildman–Crippen MR) is 68.3 cm³/mol. The summed E-state index contributed by atoms with van der Waals surface area (Å²) < 4.78 is 10.7. The number of aldehydes is 1. The lowest BCUT2D eigenvalue weighted by atomic mass is 10.2. The lowest BCUT2D eigenvalue weighted by molar-refractivity contribution is 0.112. The SMILES string of the molecule is COc1cc(C=O)cc(Cl)c1OCC=C(C)C. The summed E-state index contributed by atoms with van der Waals surface area (Å²) in [5, 5.41) is 0.369. The van der Waals surface area contributed by atoms with Gasteiger partial charge in [0.25, 0.3) is 0 Å². The Kier molecular flexibility index (Phi) is 5.04. The molecule has 92 valence electrons. The van der Waals surface area contributed by atoms with Gasteiger partial charge in [-0.2, -0.15) is 0 Å². The molecule has 1 rings (SSSR count). The van der Waals surface area contributed by atoms with E-state index in [1.54, 1.807) is 12.1 Å². The monoisotopic (exact) mass is 254 g/mol. The summed E-state index contributed by atoms with van der Waals surface area (Å²) in [6.07, 6.45) is 2.65. The first-order chi connectivity index (χ1) is 8.08. The van der Waals surface area contributed by atoms with Gasteiger partial charge in [0, 0.05) is 5.56 Å². The molecule has 0 aliphatic heterocycles. The Morgan fingerprint density at radius 1 is 1.41 bits per heavy atom. The van der Waals surface area contributed by atoms with Crippen LogP contribution in [0.3, 0.4) is 0 Å². The first-order valence-electron chi connectivity index (χ1n) is 5.17. The van der Waals surface area contributed by atoms with Gasteiger partial charge in [0.05, 0.1) is 12.1 Å². The van der Waals surface area contributed by atoms with Gasteiger partial charge in [-0.3, -0.25) is 4.79 Å². The van der Waals surface area contributed by atoms with E-state index in [0.29, 0.717) is 35.0 Å². The van der Waals surface area contributed by atoms with Gasteiger partial charge in [-0.25, -0.2) is 0 Å². The maximum absolute atomic E-state index is 10.7. The largest absolute Gasteiger partial charge is 0.493 e. The van der Waals surface area contributed by atoms with E-state index in [0.717, 1.165) is 5.57 Å². The average molecular weight is 255 g/mol. The maximum Gasteiger partial charge on any atom is 0.180 e. The van der Waals surface area contributed by atoms with Crippen LogP contribution < -0.4 is 9.47 Å². The van der Waals surface area contributed by atoms with Crippen molar-refractivity contribution in [2.75, 3.05) is 13.7 Å². The number of halogens is 1. The molecule has 0 bridgehead atoms. The Balaban J connectivity index is 2.97. The minimum atomic E-state index is 0.369. The van der Waals surface area contributed by atoms with Crippen LogP contribution in [0.4, 0.5) is 0 Å². The van der Waals surface area contributed by atoms with E-state index in [-0.39, 0.29) is 0 Å². The normalized spacial score (nSPS) is 9.65. The van der Waals surface area contributed by atoms with E-state index in [2.05, 4.69) is 0 Å². The number of ether oxygens (including phenoxy) is 2. The van der Waals surface area contributed by atoms with E-state index >= 15 is 0 Å². The highest BCUT2D eigenvalue weighted by molar-refractivity contribution is 6.32. The summed E-state index contributed by atoms with van der Waals surface area (Å²) in [4.78, 5) is 10.7. The minimum Gasteiger partial charge on any atom is -0.493 e. The average Bonchev–Trinajstić information content (AvgIpc) is 2.30. The van der Waals surface area contributed by atoms with Gasteiger partial charge in [0.2, 0.25) is 0 Å². The van der Waals surface area contributed by atoms with E-state index < -0.39 is 0 Å². The molecule has 1 aromatic carbocycles. The summed E-state index contributed by atoms with van der Waals surface area (Å²) in [7, 11) is 1.51. The number of carbonyl (C=O) groups is 1. The second-order valence-corrected chi connectivity index (χ2v) is 4.15. The molecule has 0 saturated carbocycles. The minimum absolute atomic E-state index is 0.369. The van der Waals surface area contributed by atoms with Crippen molar-refractivity contribution in [1.82, 2.24) is 0 Å². The highest BCUT2D eigenvalue weighted by Gasteiger charge is 2.11. The molecule has 4 heteroatoms. The number of allylic oxidation sites excluding steroid dienone is 1. The number of rotatable bonds is 5. The van der Waals surface area contributed by atoms with E-state index in [1.807, 2.05) is 19.9 Å². The third-order valence-corrected chi connectivity index (χ3v) is 2.39. The fraction of sp³-hybridized carbons (Fsp3) is 0.308. The molecule has 0 aromatic heterocycles. The van der Waals surface area contributed by atoms with Crippen molar-refractivity contribution < 1.29 is 14.3 Å². The van der Waals surface area contributed by atoms with Gasteiger partial charge in [-0.1, -0.05) is 17.2 Å². The number of methoxy groups -OCH3 is 1. The number of benzene rings is 1. The molecule has 1 aromatic rings. The van der Waals surface area contributed by atoms with Crippen LogP contribution in [0.1, 0.15) is 24.2 Å². The first-order valence-corrected chi connectivity index (χ1v) is 5.55. The van der Waals surface area contributed by atoms with Crippen molar-refractivity contribution in [3.63, 3.8) is 0 Å². The van der Waals surface area contributed by atoms with Gasteiger partial charge in [0.1, 0.15) is 12.9 Å². The fourth-order valence-electron chi connectivity index (χ4n) is 1.24. The summed E-state index contributed by atoms with van der Waals surface area (Å²) in [6.45, 7) is 4.38. The van der Waals surface area contributed by atoms with Crippen LogP contribution in [0.25, 0.3) is 0 Å². The Morgan fingerprint density at radius 2 is 2.12 bits per heavy atom. The van der Waals surface area contributed by atoms with Crippen molar-refractivity contribution in [2.45, 2.75) is 13.8 Å². The van der Waals surface area contributed by atoms with Crippen LogP contribution in [0, 0.1) is 0 Å². The third-order valence-electron chi connectivity index (χ3n) is 2.11. The first kappa shape index (κ1) is 13.6. The Hall–Kier alpha value is -1.48. The maximum atomic E-state index is 10.7. The van der Waals surface area contributed by atoms with Crippen LogP contribution in [-0.2, 0) is 0 Å². The second kappa shape index (κ2) is 6.30. The van der Waals surface area contributed by atoms with E-state index in [9.17, 15) is 4.79 Å². The molecule has 0 aliphatic rings. The molecular weight excluding hydrogens is 240 g/mol. The summed E-state index contributed by atoms with van der Waals surface area (Å²) in [6, 6.07) is 3.14. The van der Waals surface area contributed by atoms with Crippen molar-refractivity contribution in [3.8, 4) is 11.5 Å². The zero-order valence-electron chi connectivity index (χ0n) is 10.1. The van der Waals surface area contributed by atoms with E-state index in [4.69, 9.17) is 21.1 Å². The quantitative estimate of drug-likeness (QED) is 0.596. The van der Waals surface area contributed by atoms with Crippen molar-refractivity contribution in [2.24, 2.45) is 0 Å². The van der Waals surface area contributed by atoms with Crippen LogP contribution in [0.5, 0.6) is 11.5 Å². The molecule has 0 fully saturated rings. The summed E-state index contributed by atoms with van der Waals surface area (Å²) >= 11 is 6.02. The Labute approximate surface area is 106 Å². The third kappa shape index (κ3) is 3.79. The van der Waals surface area contributed by atoms with Crippen LogP contribution >= 0.6 is 11.6 Å². The van der Waals surface area contributed by atoms with Crippen molar-refractivity contribution in [1.29, 1.82) is 0 Å².